The van der Waals surface area contributed by atoms with Gasteiger partial charge in [-0.15, -0.1) is 0 Å². The smallest absolute Gasteiger partial charge is 0 e. The van der Waals surface area contributed by atoms with Gasteiger partial charge < -0.3 is 7.43 Å². The van der Waals surface area contributed by atoms with Crippen LogP contribution in [0.5, 0.6) is 0 Å². The summed E-state index contributed by atoms with van der Waals surface area (Å²) in [7, 11) is 0. The second-order valence-corrected chi connectivity index (χ2v) is 0. The molecule has 0 saturated carbocycles. The van der Waals surface area contributed by atoms with Crippen molar-refractivity contribution in [1.82, 2.24) is 0 Å². The van der Waals surface area contributed by atoms with Crippen molar-refractivity contribution in [1.29, 1.82) is 0 Å². The fourth-order valence-electron chi connectivity index (χ4n) is 0. The van der Waals surface area contributed by atoms with Gasteiger partial charge in [-0.05, 0) is 0 Å². The van der Waals surface area contributed by atoms with E-state index in [1.165, 1.54) is 0 Å². The van der Waals surface area contributed by atoms with Gasteiger partial charge in [0.15, 0.2) is 0 Å². The summed E-state index contributed by atoms with van der Waals surface area (Å²) in [6, 6.07) is 0. The van der Waals surface area contributed by atoms with Crippen LogP contribution in [0.4, 0.5) is 0 Å². The maximum Gasteiger partial charge on any atom is 0 e. The Balaban J connectivity index is 0. The first-order valence-electron chi connectivity index (χ1n) is 0. The van der Waals surface area contributed by atoms with E-state index in [9.17, 15) is 0 Å². The Morgan fingerprint density at radius 2 is 0.100 bits per heavy atom. The summed E-state index contributed by atoms with van der Waals surface area (Å²) in [5.41, 5.74) is 0. The molecule has 0 aliphatic heterocycles. The summed E-state index contributed by atoms with van der Waals surface area (Å²) in [5, 5.41) is 0. The van der Waals surface area contributed by atoms with Crippen LogP contribution in [0.2, 0.25) is 0 Å². The van der Waals surface area contributed by atoms with Crippen molar-refractivity contribution in [2.75, 3.05) is 0 Å². The van der Waals surface area contributed by atoms with E-state index < -0.39 is 0 Å². The minimum absolute atomic E-state index is 0. The summed E-state index contributed by atoms with van der Waals surface area (Å²) in [6.45, 7) is 0. The Kier molecular flexibility index (Phi) is 1030. The van der Waals surface area contributed by atoms with Gasteiger partial charge >= 0.3 is 0 Å². The van der Waals surface area contributed by atoms with Gasteiger partial charge in [0.1, 0.15) is 0 Å². The van der Waals surface area contributed by atoms with Crippen LogP contribution in [0.3, 0.4) is 0 Å². The van der Waals surface area contributed by atoms with E-state index in [1.807, 2.05) is 0 Å². The van der Waals surface area contributed by atoms with Gasteiger partial charge in [-0.2, -0.15) is 0 Å². The molecule has 0 heterocycles. The fourth-order valence-corrected chi connectivity index (χ4v) is 0. The third-order valence-electron chi connectivity index (χ3n) is 0. The molecule has 19 radical (unpaired) electrons. The van der Waals surface area contributed by atoms with E-state index in [-0.39, 0.29) is 629 Å². The third kappa shape index (κ3) is 128. The Morgan fingerprint density at radius 1 is 0.100 bits per heavy atom. The van der Waals surface area contributed by atoms with Gasteiger partial charge in [0.2, 0.25) is 0 Å². The van der Waals surface area contributed by atoms with Crippen LogP contribution in [-0.4, -0.2) is 0 Å². The minimum atomic E-state index is 0. The number of hydrogen-bond acceptors (Lipinski definition) is 0. The monoisotopic (exact) mass is 1700 g/mol. The molecule has 0 atom stereocenters. The van der Waals surface area contributed by atoms with E-state index in [0.717, 1.165) is 0 Å². The molecule has 0 saturated heterocycles. The standard InChI is InChI=1S/CH3.19Y/h1H3;;;;;;;;;;;;;;;;;;;/q-1;;;;;;;;;;;;;;;;;;;. The fraction of sp³-hybridized carbons (Fsp3) is 0. The molecule has 0 fully saturated rings. The molecule has 0 aromatic heterocycles. The molecule has 0 spiro atoms. The zero-order chi connectivity index (χ0) is 0. The van der Waals surface area contributed by atoms with Crippen LogP contribution in [0.25, 0.3) is 0 Å². The maximum absolute atomic E-state index is 0. The molecule has 20 heavy (non-hydrogen) atoms. The van der Waals surface area contributed by atoms with Crippen LogP contribution < -0.4 is 0 Å². The zero-order valence-electron chi connectivity index (χ0n) is 12.0. The van der Waals surface area contributed by atoms with Crippen LogP contribution in [0.1, 0.15) is 0 Å². The predicted molar refractivity (Wildman–Crippen MR) is 6.41 cm³/mol. The molecule has 65 valence electrons. The van der Waals surface area contributed by atoms with Crippen molar-refractivity contribution in [3.8, 4) is 0 Å². The van der Waals surface area contributed by atoms with Crippen LogP contribution in [-0.2, 0) is 621 Å². The van der Waals surface area contributed by atoms with E-state index in [0.29, 0.717) is 0 Å². The van der Waals surface area contributed by atoms with Crippen molar-refractivity contribution in [3.05, 3.63) is 7.43 Å². The molecule has 0 aliphatic rings. The van der Waals surface area contributed by atoms with Gasteiger partial charge in [-0.25, -0.2) is 0 Å². The molecule has 0 rings (SSSR count). The van der Waals surface area contributed by atoms with Crippen molar-refractivity contribution in [2.45, 2.75) is 0 Å². The van der Waals surface area contributed by atoms with Gasteiger partial charge in [0.05, 0.1) is 0 Å². The first-order chi connectivity index (χ1) is 0. The average molecular weight is 1700 g/mol. The molecular formula is CH3Y19-. The molecule has 0 N–H and O–H groups in total. The predicted octanol–water partition coefficient (Wildman–Crippen LogP) is 0.403. The zero-order valence-corrected chi connectivity index (χ0v) is 65.9. The van der Waals surface area contributed by atoms with Gasteiger partial charge in [-0.3, -0.25) is 0 Å². The first-order valence-corrected chi connectivity index (χ1v) is 0. The molecule has 0 aliphatic carbocycles. The summed E-state index contributed by atoms with van der Waals surface area (Å²) < 4.78 is 0. The van der Waals surface area contributed by atoms with Gasteiger partial charge in [0.25, 0.3) is 0 Å². The molecular weight excluding hydrogens is 1700 g/mol. The SMILES string of the molecule is [CH3-].[Y].[Y].[Y].[Y].[Y].[Y].[Y].[Y].[Y].[Y].[Y].[Y].[Y].[Y].[Y].[Y].[Y].[Y].[Y]. The van der Waals surface area contributed by atoms with Gasteiger partial charge in [0, 0.05) is 621 Å². The van der Waals surface area contributed by atoms with Crippen LogP contribution >= 0.6 is 0 Å². The molecule has 0 aromatic carbocycles. The van der Waals surface area contributed by atoms with Crippen LogP contribution in [0, 0.1) is 7.43 Å². The molecule has 0 bridgehead atoms. The van der Waals surface area contributed by atoms with E-state index in [2.05, 4.69) is 0 Å². The second kappa shape index (κ2) is 138. The maximum atomic E-state index is 0. The molecule has 19 heteroatoms. The molecule has 0 amide bonds. The Hall–Kier alpha value is 21.0. The number of hydrogen-bond donors (Lipinski definition) is 0. The number of rotatable bonds is 0. The Morgan fingerprint density at radius 3 is 0.100 bits per heavy atom. The minimum Gasteiger partial charge on any atom is -0.358 e. The molecule has 0 nitrogen and oxygen atoms in total. The summed E-state index contributed by atoms with van der Waals surface area (Å²) >= 11 is 0. The van der Waals surface area contributed by atoms with Gasteiger partial charge in [-0.1, -0.05) is 0 Å². The largest absolute Gasteiger partial charge is 0.358 e. The normalized spacial score (nSPS) is 0. The first kappa shape index (κ1) is 149. The van der Waals surface area contributed by atoms with Crippen molar-refractivity contribution in [2.24, 2.45) is 0 Å². The van der Waals surface area contributed by atoms with E-state index >= 15 is 0 Å². The molecule has 0 aromatic rings. The quantitative estimate of drug-likeness (QED) is 0.309. The Labute approximate surface area is 605 Å². The van der Waals surface area contributed by atoms with Crippen LogP contribution in [0.15, 0.2) is 0 Å². The summed E-state index contributed by atoms with van der Waals surface area (Å²) in [4.78, 5) is 0. The molecule has 0 unspecified atom stereocenters. The van der Waals surface area contributed by atoms with Crippen molar-refractivity contribution >= 4 is 0 Å². The Bertz CT molecular complexity index is 5.73. The summed E-state index contributed by atoms with van der Waals surface area (Å²) in [6.07, 6.45) is 0. The van der Waals surface area contributed by atoms with E-state index in [4.69, 9.17) is 0 Å². The third-order valence-corrected chi connectivity index (χ3v) is 0. The van der Waals surface area contributed by atoms with Crippen molar-refractivity contribution < 1.29 is 621 Å². The summed E-state index contributed by atoms with van der Waals surface area (Å²) in [5.74, 6) is 0. The average Bonchev–Trinajstić information content (AvgIpc) is 0. The van der Waals surface area contributed by atoms with Crippen molar-refractivity contribution in [3.63, 3.8) is 0 Å². The second-order valence-electron chi connectivity index (χ2n) is 0. The van der Waals surface area contributed by atoms with E-state index in [1.54, 1.807) is 0 Å². The topological polar surface area (TPSA) is 0 Å².